The Labute approximate surface area is 203 Å². The van der Waals surface area contributed by atoms with Crippen LogP contribution in [-0.2, 0) is 21.2 Å². The SMILES string of the molecule is CS(=O)(=O)Nc1cc(Cl)cc(CCNC(=O)c2c[nH]c(-c3ccc(N4CCOCC4)cn3)c2)c1. The maximum atomic E-state index is 12.6. The van der Waals surface area contributed by atoms with Gasteiger partial charge in [0.2, 0.25) is 10.0 Å². The first-order valence-electron chi connectivity index (χ1n) is 10.8. The number of pyridine rings is 1. The smallest absolute Gasteiger partial charge is 0.252 e. The molecule has 1 amide bonds. The number of ether oxygens (including phenoxy) is 1. The lowest BCUT2D eigenvalue weighted by Gasteiger charge is -2.28. The van der Waals surface area contributed by atoms with Crippen LogP contribution in [-0.4, -0.2) is 63.4 Å². The quantitative estimate of drug-likeness (QED) is 0.435. The normalized spacial score (nSPS) is 14.1. The van der Waals surface area contributed by atoms with Crippen molar-refractivity contribution in [3.05, 3.63) is 64.9 Å². The highest BCUT2D eigenvalue weighted by Crippen LogP contribution is 2.22. The predicted octanol–water partition coefficient (Wildman–Crippen LogP) is 2.91. The average molecular weight is 504 g/mol. The molecule has 0 atom stereocenters. The van der Waals surface area contributed by atoms with Gasteiger partial charge in [-0.25, -0.2) is 8.42 Å². The minimum Gasteiger partial charge on any atom is -0.378 e. The first kappa shape index (κ1) is 24.1. The Balaban J connectivity index is 1.33. The number of H-pyrrole nitrogens is 1. The summed E-state index contributed by atoms with van der Waals surface area (Å²) in [6.45, 7) is 3.49. The first-order valence-corrected chi connectivity index (χ1v) is 13.1. The van der Waals surface area contributed by atoms with Crippen molar-refractivity contribution in [2.75, 3.05) is 48.7 Å². The Morgan fingerprint density at radius 1 is 1.21 bits per heavy atom. The number of carbonyl (C=O) groups excluding carboxylic acids is 1. The predicted molar refractivity (Wildman–Crippen MR) is 133 cm³/mol. The van der Waals surface area contributed by atoms with Gasteiger partial charge in [-0.3, -0.25) is 14.5 Å². The van der Waals surface area contributed by atoms with E-state index in [4.69, 9.17) is 16.3 Å². The van der Waals surface area contributed by atoms with Gasteiger partial charge in [0.05, 0.1) is 54.0 Å². The minimum atomic E-state index is -3.40. The Hall–Kier alpha value is -3.08. The third-order valence-corrected chi connectivity index (χ3v) is 6.13. The van der Waals surface area contributed by atoms with Crippen molar-refractivity contribution in [1.29, 1.82) is 0 Å². The van der Waals surface area contributed by atoms with Gasteiger partial charge in [-0.2, -0.15) is 0 Å². The minimum absolute atomic E-state index is 0.219. The van der Waals surface area contributed by atoms with Gasteiger partial charge < -0.3 is 19.9 Å². The number of hydrogen-bond donors (Lipinski definition) is 3. The number of aromatic amines is 1. The maximum absolute atomic E-state index is 12.6. The number of nitrogens with one attached hydrogen (secondary N) is 3. The van der Waals surface area contributed by atoms with Crippen molar-refractivity contribution >= 4 is 38.9 Å². The summed E-state index contributed by atoms with van der Waals surface area (Å²) in [4.78, 5) is 22.4. The van der Waals surface area contributed by atoms with Crippen LogP contribution in [0.3, 0.4) is 0 Å². The molecule has 1 aromatic carbocycles. The Bertz CT molecular complexity index is 1250. The molecule has 3 heterocycles. The molecular weight excluding hydrogens is 478 g/mol. The number of nitrogens with zero attached hydrogens (tertiary/aromatic N) is 2. The fourth-order valence-electron chi connectivity index (χ4n) is 3.72. The fraction of sp³-hybridized carbons (Fsp3) is 0.304. The van der Waals surface area contributed by atoms with Gasteiger partial charge in [-0.05, 0) is 48.4 Å². The molecule has 34 heavy (non-hydrogen) atoms. The second-order valence-corrected chi connectivity index (χ2v) is 10.2. The molecule has 1 aliphatic heterocycles. The van der Waals surface area contributed by atoms with Gasteiger partial charge in [0.1, 0.15) is 0 Å². The number of carbonyl (C=O) groups is 1. The maximum Gasteiger partial charge on any atom is 0.252 e. The zero-order valence-electron chi connectivity index (χ0n) is 18.7. The van der Waals surface area contributed by atoms with Crippen LogP contribution >= 0.6 is 11.6 Å². The fourth-order valence-corrected chi connectivity index (χ4v) is 4.52. The molecule has 0 saturated carbocycles. The van der Waals surface area contributed by atoms with Crippen LogP contribution in [0.1, 0.15) is 15.9 Å². The van der Waals surface area contributed by atoms with Crippen LogP contribution in [0, 0.1) is 0 Å². The van der Waals surface area contributed by atoms with E-state index < -0.39 is 10.0 Å². The molecule has 1 fully saturated rings. The van der Waals surface area contributed by atoms with Crippen molar-refractivity contribution in [3.63, 3.8) is 0 Å². The van der Waals surface area contributed by atoms with Gasteiger partial charge >= 0.3 is 0 Å². The molecule has 3 N–H and O–H groups in total. The lowest BCUT2D eigenvalue weighted by molar-refractivity contribution is 0.0954. The second-order valence-electron chi connectivity index (χ2n) is 8.03. The summed E-state index contributed by atoms with van der Waals surface area (Å²) >= 11 is 6.09. The lowest BCUT2D eigenvalue weighted by atomic mass is 10.1. The van der Waals surface area contributed by atoms with Crippen molar-refractivity contribution < 1.29 is 17.9 Å². The molecule has 180 valence electrons. The molecule has 4 rings (SSSR count). The summed E-state index contributed by atoms with van der Waals surface area (Å²) in [6.07, 6.45) is 5.05. The molecule has 2 aromatic heterocycles. The zero-order valence-corrected chi connectivity index (χ0v) is 20.2. The number of amides is 1. The molecule has 9 nitrogen and oxygen atoms in total. The highest BCUT2D eigenvalue weighted by molar-refractivity contribution is 7.92. The molecule has 11 heteroatoms. The van der Waals surface area contributed by atoms with Gasteiger partial charge in [0, 0.05) is 30.9 Å². The van der Waals surface area contributed by atoms with E-state index in [0.29, 0.717) is 42.5 Å². The molecular formula is C23H26ClN5O4S. The van der Waals surface area contributed by atoms with Crippen molar-refractivity contribution in [3.8, 4) is 11.4 Å². The Morgan fingerprint density at radius 3 is 2.71 bits per heavy atom. The molecule has 0 unspecified atom stereocenters. The van der Waals surface area contributed by atoms with Crippen LogP contribution < -0.4 is 14.9 Å². The van der Waals surface area contributed by atoms with E-state index in [-0.39, 0.29) is 5.91 Å². The molecule has 1 saturated heterocycles. The lowest BCUT2D eigenvalue weighted by Crippen LogP contribution is -2.36. The van der Waals surface area contributed by atoms with Crippen LogP contribution in [0.25, 0.3) is 11.4 Å². The Morgan fingerprint density at radius 2 is 2.00 bits per heavy atom. The van der Waals surface area contributed by atoms with Crippen LogP contribution in [0.2, 0.25) is 5.02 Å². The summed E-state index contributed by atoms with van der Waals surface area (Å²) in [5.74, 6) is -0.219. The molecule has 0 spiro atoms. The zero-order chi connectivity index (χ0) is 24.1. The highest BCUT2D eigenvalue weighted by Gasteiger charge is 2.13. The summed E-state index contributed by atoms with van der Waals surface area (Å²) in [7, 11) is -3.40. The molecule has 0 bridgehead atoms. The largest absolute Gasteiger partial charge is 0.378 e. The number of morpholine rings is 1. The molecule has 1 aliphatic rings. The average Bonchev–Trinajstić information content (AvgIpc) is 3.29. The van der Waals surface area contributed by atoms with Crippen molar-refractivity contribution in [2.24, 2.45) is 0 Å². The molecule has 0 aliphatic carbocycles. The van der Waals surface area contributed by atoms with Crippen LogP contribution in [0.4, 0.5) is 11.4 Å². The topological polar surface area (TPSA) is 116 Å². The highest BCUT2D eigenvalue weighted by atomic mass is 35.5. The number of anilines is 2. The van der Waals surface area contributed by atoms with Crippen LogP contribution in [0.15, 0.2) is 48.8 Å². The Kier molecular flexibility index (Phi) is 7.40. The van der Waals surface area contributed by atoms with E-state index >= 15 is 0 Å². The third-order valence-electron chi connectivity index (χ3n) is 5.31. The van der Waals surface area contributed by atoms with Crippen molar-refractivity contribution in [1.82, 2.24) is 15.3 Å². The number of benzene rings is 1. The van der Waals surface area contributed by atoms with E-state index in [2.05, 4.69) is 24.9 Å². The second kappa shape index (κ2) is 10.5. The van der Waals surface area contributed by atoms with Crippen molar-refractivity contribution in [2.45, 2.75) is 6.42 Å². The summed E-state index contributed by atoms with van der Waals surface area (Å²) in [5, 5.41) is 3.29. The molecule has 3 aromatic rings. The van der Waals surface area contributed by atoms with Gasteiger partial charge in [0.15, 0.2) is 0 Å². The summed E-state index contributed by atoms with van der Waals surface area (Å²) in [5.41, 5.74) is 4.25. The monoisotopic (exact) mass is 503 g/mol. The number of halogens is 1. The van der Waals surface area contributed by atoms with E-state index in [9.17, 15) is 13.2 Å². The van der Waals surface area contributed by atoms with E-state index in [0.717, 1.165) is 42.0 Å². The number of hydrogen-bond acceptors (Lipinski definition) is 6. The van der Waals surface area contributed by atoms with Crippen LogP contribution in [0.5, 0.6) is 0 Å². The third kappa shape index (κ3) is 6.49. The summed E-state index contributed by atoms with van der Waals surface area (Å²) in [6, 6.07) is 10.7. The van der Waals surface area contributed by atoms with E-state index in [1.165, 1.54) is 6.07 Å². The number of rotatable bonds is 8. The first-order chi connectivity index (χ1) is 16.3. The molecule has 0 radical (unpaired) electrons. The standard InChI is InChI=1S/C23H26ClN5O4S/c1-34(31,32)28-19-11-16(10-18(24)13-19)4-5-25-23(30)17-12-22(26-14-17)21-3-2-20(15-27-21)29-6-8-33-9-7-29/h2-3,10-15,26,28H,4-9H2,1H3,(H,25,30). The number of sulfonamides is 1. The van der Waals surface area contributed by atoms with Gasteiger partial charge in [-0.1, -0.05) is 11.6 Å². The van der Waals surface area contributed by atoms with E-state index in [1.54, 1.807) is 24.4 Å². The van der Waals surface area contributed by atoms with Gasteiger partial charge in [-0.15, -0.1) is 0 Å². The number of aromatic nitrogens is 2. The summed E-state index contributed by atoms with van der Waals surface area (Å²) < 4.78 is 30.7. The van der Waals surface area contributed by atoms with Gasteiger partial charge in [0.25, 0.3) is 5.91 Å². The van der Waals surface area contributed by atoms with E-state index in [1.807, 2.05) is 18.3 Å².